The van der Waals surface area contributed by atoms with Crippen molar-refractivity contribution in [1.29, 1.82) is 0 Å². The Hall–Kier alpha value is -0.970. The maximum Gasteiger partial charge on any atom is 0.0677 e. The Kier molecular flexibility index (Phi) is 4.88. The maximum atomic E-state index is 6.15. The van der Waals surface area contributed by atoms with Gasteiger partial charge < -0.3 is 9.47 Å². The molecule has 2 aliphatic heterocycles. The number of ether oxygens (including phenoxy) is 2. The van der Waals surface area contributed by atoms with Crippen LogP contribution in [0.1, 0.15) is 43.5 Å². The summed E-state index contributed by atoms with van der Waals surface area (Å²) in [5.41, 5.74) is 2.47. The largest absolute Gasteiger partial charge is 0.380 e. The molecular weight excluding hydrogens is 300 g/mol. The van der Waals surface area contributed by atoms with Gasteiger partial charge in [0.25, 0.3) is 0 Å². The second-order valence-electron chi connectivity index (χ2n) is 8.05. The van der Waals surface area contributed by atoms with Crippen LogP contribution in [0.4, 0.5) is 0 Å². The van der Waals surface area contributed by atoms with Gasteiger partial charge in [-0.1, -0.05) is 6.07 Å². The Morgan fingerprint density at radius 1 is 1.33 bits per heavy atom. The minimum atomic E-state index is 0.190. The van der Waals surface area contributed by atoms with Gasteiger partial charge in [0.1, 0.15) is 0 Å². The number of fused-ring (bicyclic) bond motifs is 1. The first-order valence-electron chi connectivity index (χ1n) is 9.58. The van der Waals surface area contributed by atoms with Crippen molar-refractivity contribution in [2.45, 2.75) is 51.7 Å². The molecule has 3 fully saturated rings. The summed E-state index contributed by atoms with van der Waals surface area (Å²) in [5, 5.41) is 0. The van der Waals surface area contributed by atoms with Crippen molar-refractivity contribution in [1.82, 2.24) is 9.88 Å². The highest BCUT2D eigenvalue weighted by Crippen LogP contribution is 2.41. The van der Waals surface area contributed by atoms with Crippen LogP contribution in [-0.4, -0.2) is 48.9 Å². The van der Waals surface area contributed by atoms with Crippen molar-refractivity contribution in [3.63, 3.8) is 0 Å². The van der Waals surface area contributed by atoms with Crippen LogP contribution in [0, 0.1) is 18.3 Å². The van der Waals surface area contributed by atoms with Gasteiger partial charge in [0, 0.05) is 44.0 Å². The van der Waals surface area contributed by atoms with E-state index in [9.17, 15) is 0 Å². The Balaban J connectivity index is 1.41. The van der Waals surface area contributed by atoms with Crippen LogP contribution < -0.4 is 0 Å². The molecule has 1 aromatic rings. The third-order valence-corrected chi connectivity index (χ3v) is 5.84. The lowest BCUT2D eigenvalue weighted by Gasteiger charge is -2.50. The number of likely N-dealkylation sites (tertiary alicyclic amines) is 1. The zero-order valence-electron chi connectivity index (χ0n) is 14.9. The molecule has 1 saturated carbocycles. The Morgan fingerprint density at radius 2 is 2.25 bits per heavy atom. The number of hydrogen-bond acceptors (Lipinski definition) is 4. The molecule has 0 N–H and O–H groups in total. The standard InChI is InChI=1S/C20H30N2O2/c1-16-4-2-5-18(21-16)12-22-10-8-19-20(14-22,9-3-11-24-19)15-23-13-17-6-7-17/h2,4-5,17,19H,3,6-15H2,1H3. The molecule has 132 valence electrons. The van der Waals surface area contributed by atoms with E-state index in [2.05, 4.69) is 35.0 Å². The van der Waals surface area contributed by atoms with Crippen molar-refractivity contribution in [3.8, 4) is 0 Å². The average Bonchev–Trinajstić information content (AvgIpc) is 3.39. The maximum absolute atomic E-state index is 6.15. The summed E-state index contributed by atoms with van der Waals surface area (Å²) in [6, 6.07) is 6.33. The fourth-order valence-electron chi connectivity index (χ4n) is 4.36. The van der Waals surface area contributed by atoms with Crippen LogP contribution >= 0.6 is 0 Å². The summed E-state index contributed by atoms with van der Waals surface area (Å²) in [6.07, 6.45) is 6.63. The van der Waals surface area contributed by atoms with E-state index < -0.39 is 0 Å². The van der Waals surface area contributed by atoms with Gasteiger partial charge in [0.05, 0.1) is 18.4 Å². The molecule has 2 saturated heterocycles. The highest BCUT2D eigenvalue weighted by atomic mass is 16.5. The fourth-order valence-corrected chi connectivity index (χ4v) is 4.36. The third-order valence-electron chi connectivity index (χ3n) is 5.84. The topological polar surface area (TPSA) is 34.6 Å². The van der Waals surface area contributed by atoms with Gasteiger partial charge in [-0.15, -0.1) is 0 Å². The molecule has 2 atom stereocenters. The van der Waals surface area contributed by atoms with E-state index >= 15 is 0 Å². The van der Waals surface area contributed by atoms with E-state index in [-0.39, 0.29) is 5.41 Å². The second kappa shape index (κ2) is 7.11. The summed E-state index contributed by atoms with van der Waals surface area (Å²) >= 11 is 0. The number of pyridine rings is 1. The molecule has 0 bridgehead atoms. The van der Waals surface area contributed by atoms with Gasteiger partial charge in [-0.25, -0.2) is 0 Å². The van der Waals surface area contributed by atoms with Gasteiger partial charge >= 0.3 is 0 Å². The molecule has 1 aromatic heterocycles. The van der Waals surface area contributed by atoms with Gasteiger partial charge in [0.2, 0.25) is 0 Å². The van der Waals surface area contributed by atoms with Crippen molar-refractivity contribution in [2.24, 2.45) is 11.3 Å². The van der Waals surface area contributed by atoms with Gasteiger partial charge in [-0.05, 0) is 57.1 Å². The number of piperidine rings is 1. The molecule has 3 heterocycles. The smallest absolute Gasteiger partial charge is 0.0677 e. The van der Waals surface area contributed by atoms with Gasteiger partial charge in [-0.2, -0.15) is 0 Å². The SMILES string of the molecule is Cc1cccc(CN2CCC3OCCCC3(COCC3CC3)C2)n1. The Morgan fingerprint density at radius 3 is 3.08 bits per heavy atom. The molecule has 4 heteroatoms. The lowest BCUT2D eigenvalue weighted by atomic mass is 9.73. The zero-order valence-corrected chi connectivity index (χ0v) is 14.9. The van der Waals surface area contributed by atoms with E-state index in [0.717, 1.165) is 57.5 Å². The monoisotopic (exact) mass is 330 g/mol. The number of rotatable bonds is 6. The summed E-state index contributed by atoms with van der Waals surface area (Å²) in [4.78, 5) is 7.25. The normalized spacial score (nSPS) is 31.0. The van der Waals surface area contributed by atoms with Crippen LogP contribution in [-0.2, 0) is 16.0 Å². The molecule has 0 spiro atoms. The zero-order chi connectivity index (χ0) is 16.4. The second-order valence-corrected chi connectivity index (χ2v) is 8.05. The molecule has 0 radical (unpaired) electrons. The van der Waals surface area contributed by atoms with Crippen molar-refractivity contribution >= 4 is 0 Å². The lowest BCUT2D eigenvalue weighted by molar-refractivity contribution is -0.154. The number of aryl methyl sites for hydroxylation is 1. The summed E-state index contributed by atoms with van der Waals surface area (Å²) < 4.78 is 12.3. The van der Waals surface area contributed by atoms with Crippen LogP contribution in [0.2, 0.25) is 0 Å². The molecular formula is C20H30N2O2. The lowest BCUT2D eigenvalue weighted by Crippen LogP contribution is -2.56. The molecule has 24 heavy (non-hydrogen) atoms. The Bertz CT molecular complexity index is 560. The summed E-state index contributed by atoms with van der Waals surface area (Å²) in [5.74, 6) is 0.834. The van der Waals surface area contributed by atoms with Crippen LogP contribution in [0.15, 0.2) is 18.2 Å². The summed E-state index contributed by atoms with van der Waals surface area (Å²) in [6.45, 7) is 7.94. The highest BCUT2D eigenvalue weighted by Gasteiger charge is 2.46. The van der Waals surface area contributed by atoms with E-state index in [1.165, 1.54) is 31.4 Å². The minimum absolute atomic E-state index is 0.190. The number of nitrogens with zero attached hydrogens (tertiary/aromatic N) is 2. The number of aromatic nitrogens is 1. The first-order chi connectivity index (χ1) is 11.7. The first kappa shape index (κ1) is 16.5. The van der Waals surface area contributed by atoms with E-state index in [0.29, 0.717) is 6.10 Å². The molecule has 2 unspecified atom stereocenters. The highest BCUT2D eigenvalue weighted by molar-refractivity contribution is 5.10. The van der Waals surface area contributed by atoms with Gasteiger partial charge in [0.15, 0.2) is 0 Å². The Labute approximate surface area is 145 Å². The summed E-state index contributed by atoms with van der Waals surface area (Å²) in [7, 11) is 0. The predicted octanol–water partition coefficient (Wildman–Crippen LogP) is 3.19. The fraction of sp³-hybridized carbons (Fsp3) is 0.750. The quantitative estimate of drug-likeness (QED) is 0.802. The molecule has 0 amide bonds. The van der Waals surface area contributed by atoms with Crippen LogP contribution in [0.5, 0.6) is 0 Å². The minimum Gasteiger partial charge on any atom is -0.380 e. The predicted molar refractivity (Wildman–Crippen MR) is 93.8 cm³/mol. The third kappa shape index (κ3) is 3.81. The van der Waals surface area contributed by atoms with Crippen molar-refractivity contribution in [2.75, 3.05) is 32.9 Å². The van der Waals surface area contributed by atoms with Crippen LogP contribution in [0.3, 0.4) is 0 Å². The van der Waals surface area contributed by atoms with E-state index in [4.69, 9.17) is 9.47 Å². The molecule has 4 nitrogen and oxygen atoms in total. The molecule has 4 rings (SSSR count). The molecule has 3 aliphatic rings. The molecule has 1 aliphatic carbocycles. The number of hydrogen-bond donors (Lipinski definition) is 0. The van der Waals surface area contributed by atoms with Gasteiger partial charge in [-0.3, -0.25) is 9.88 Å². The van der Waals surface area contributed by atoms with Crippen molar-refractivity contribution in [3.05, 3.63) is 29.6 Å². The molecule has 0 aromatic carbocycles. The van der Waals surface area contributed by atoms with E-state index in [1.54, 1.807) is 0 Å². The van der Waals surface area contributed by atoms with Crippen LogP contribution in [0.25, 0.3) is 0 Å². The first-order valence-corrected chi connectivity index (χ1v) is 9.58. The van der Waals surface area contributed by atoms with Crippen molar-refractivity contribution < 1.29 is 9.47 Å². The van der Waals surface area contributed by atoms with E-state index in [1.807, 2.05) is 0 Å². The average molecular weight is 330 g/mol.